The number of aliphatic hydroxyl groups excluding tert-OH is 1. The minimum Gasteiger partial charge on any atom is -0.462 e. The highest BCUT2D eigenvalue weighted by Crippen LogP contribution is 2.45. The standard InChI is InChI=1S/C76H148O17P2/c1-9-68(7)54-46-38-30-26-27-33-43-51-59-76(81)93-71(62-86-73(78)56-48-40-31-24-20-17-16-19-23-29-37-45-53-67(5)6)64-90-94(82,83)88-60-70(77)61-89-95(84,85)91-65-72(63-87-74(79)57-49-41-35-34-39-47-55-69(8)10-2)92-75(80)58-50-42-32-25-21-15-13-11-12-14-18-22-28-36-44-52-66(3)4/h66-72,77H,9-65H2,1-8H3,(H,82,83)(H,84,85)/t68?,69?,70-,71-,72-/m1/s1. The number of ether oxygens (including phenoxy) is 4. The predicted molar refractivity (Wildman–Crippen MR) is 386 cm³/mol. The summed E-state index contributed by atoms with van der Waals surface area (Å²) in [7, 11) is -9.91. The molecule has 4 unspecified atom stereocenters. The normalized spacial score (nSPS) is 14.7. The Morgan fingerprint density at radius 1 is 0.295 bits per heavy atom. The van der Waals surface area contributed by atoms with Gasteiger partial charge in [-0.1, -0.05) is 331 Å². The summed E-state index contributed by atoms with van der Waals surface area (Å²) in [5, 5.41) is 10.6. The maximum Gasteiger partial charge on any atom is 0.472 e. The van der Waals surface area contributed by atoms with Crippen molar-refractivity contribution in [2.24, 2.45) is 23.7 Å². The number of phosphoric acid groups is 2. The van der Waals surface area contributed by atoms with E-state index < -0.39 is 97.5 Å². The molecule has 0 heterocycles. The van der Waals surface area contributed by atoms with Gasteiger partial charge in [-0.2, -0.15) is 0 Å². The molecule has 0 amide bonds. The van der Waals surface area contributed by atoms with Crippen molar-refractivity contribution in [3.63, 3.8) is 0 Å². The van der Waals surface area contributed by atoms with Crippen molar-refractivity contribution in [1.82, 2.24) is 0 Å². The molecule has 0 saturated carbocycles. The number of hydrogen-bond donors (Lipinski definition) is 3. The van der Waals surface area contributed by atoms with Crippen molar-refractivity contribution in [1.29, 1.82) is 0 Å². The zero-order valence-corrected chi connectivity index (χ0v) is 64.1. The van der Waals surface area contributed by atoms with E-state index in [2.05, 4.69) is 55.4 Å². The highest BCUT2D eigenvalue weighted by molar-refractivity contribution is 7.47. The first-order chi connectivity index (χ1) is 45.7. The van der Waals surface area contributed by atoms with Gasteiger partial charge in [0.1, 0.15) is 19.3 Å². The molecule has 7 atom stereocenters. The minimum absolute atomic E-state index is 0.105. The molecule has 0 aliphatic heterocycles. The lowest BCUT2D eigenvalue weighted by molar-refractivity contribution is -0.161. The summed E-state index contributed by atoms with van der Waals surface area (Å²) in [6.07, 6.45) is 49.9. The number of phosphoric ester groups is 2. The maximum atomic E-state index is 13.1. The summed E-state index contributed by atoms with van der Waals surface area (Å²) >= 11 is 0. The van der Waals surface area contributed by atoms with E-state index in [4.69, 9.17) is 37.0 Å². The van der Waals surface area contributed by atoms with Crippen molar-refractivity contribution in [2.75, 3.05) is 39.6 Å². The lowest BCUT2D eigenvalue weighted by atomic mass is 9.99. The molecule has 0 aliphatic carbocycles. The fraction of sp³-hybridized carbons (Fsp3) is 0.947. The van der Waals surface area contributed by atoms with E-state index in [-0.39, 0.29) is 25.7 Å². The van der Waals surface area contributed by atoms with Crippen LogP contribution in [0.2, 0.25) is 0 Å². The highest BCUT2D eigenvalue weighted by atomic mass is 31.2. The van der Waals surface area contributed by atoms with Gasteiger partial charge >= 0.3 is 39.5 Å². The first-order valence-corrected chi connectivity index (χ1v) is 42.3. The summed E-state index contributed by atoms with van der Waals surface area (Å²) < 4.78 is 68.5. The third-order valence-electron chi connectivity index (χ3n) is 18.3. The van der Waals surface area contributed by atoms with Gasteiger partial charge in [0.05, 0.1) is 26.4 Å². The van der Waals surface area contributed by atoms with Gasteiger partial charge in [-0.25, -0.2) is 9.13 Å². The Hall–Kier alpha value is -1.94. The Balaban J connectivity index is 5.23. The molecule has 0 aromatic rings. The SMILES string of the molecule is CCC(C)CCCCCCCCCCC(=O)O[C@H](COC(=O)CCCCCCCCCCCCCCC(C)C)COP(=O)(O)OC[C@@H](O)COP(=O)(O)OC[C@@H](COC(=O)CCCCCCCCC(C)CC)OC(=O)CCCCCCCCCCCCCCCCCC(C)C. The number of esters is 4. The number of carbonyl (C=O) groups excluding carboxylic acids is 4. The van der Waals surface area contributed by atoms with Gasteiger partial charge in [-0.3, -0.25) is 37.3 Å². The minimum atomic E-state index is -4.96. The maximum absolute atomic E-state index is 13.1. The molecule has 0 fully saturated rings. The summed E-state index contributed by atoms with van der Waals surface area (Å²) in [6.45, 7) is 14.2. The van der Waals surface area contributed by atoms with Crippen LogP contribution in [0.15, 0.2) is 0 Å². The number of unbranched alkanes of at least 4 members (excludes halogenated alkanes) is 37. The van der Waals surface area contributed by atoms with E-state index in [0.717, 1.165) is 120 Å². The van der Waals surface area contributed by atoms with Crippen LogP contribution in [0.25, 0.3) is 0 Å². The summed E-state index contributed by atoms with van der Waals surface area (Å²) in [5.74, 6) is 0.962. The number of hydrogen-bond acceptors (Lipinski definition) is 15. The predicted octanol–water partition coefficient (Wildman–Crippen LogP) is 22.0. The van der Waals surface area contributed by atoms with Gasteiger partial charge in [0, 0.05) is 25.7 Å². The number of carbonyl (C=O) groups is 4. The van der Waals surface area contributed by atoms with Gasteiger partial charge in [-0.15, -0.1) is 0 Å². The van der Waals surface area contributed by atoms with Crippen molar-refractivity contribution < 1.29 is 80.2 Å². The fourth-order valence-corrected chi connectivity index (χ4v) is 13.1. The molecular weight excluding hydrogens is 1250 g/mol. The molecule has 564 valence electrons. The molecule has 0 aromatic heterocycles. The van der Waals surface area contributed by atoms with Crippen molar-refractivity contribution in [2.45, 2.75) is 401 Å². The molecule has 0 spiro atoms. The van der Waals surface area contributed by atoms with Crippen LogP contribution in [0, 0.1) is 23.7 Å². The van der Waals surface area contributed by atoms with Gasteiger partial charge in [0.2, 0.25) is 0 Å². The topological polar surface area (TPSA) is 237 Å². The van der Waals surface area contributed by atoms with Gasteiger partial charge in [0.25, 0.3) is 0 Å². The Labute approximate surface area is 581 Å². The molecule has 0 aromatic carbocycles. The summed E-state index contributed by atoms with van der Waals surface area (Å²) in [5.41, 5.74) is 0. The van der Waals surface area contributed by atoms with Crippen molar-refractivity contribution in [3.8, 4) is 0 Å². The van der Waals surface area contributed by atoms with Crippen LogP contribution in [0.3, 0.4) is 0 Å². The smallest absolute Gasteiger partial charge is 0.462 e. The lowest BCUT2D eigenvalue weighted by Crippen LogP contribution is -2.30. The molecule has 3 N–H and O–H groups in total. The van der Waals surface area contributed by atoms with Crippen LogP contribution >= 0.6 is 15.6 Å². The number of aliphatic hydroxyl groups is 1. The van der Waals surface area contributed by atoms with Gasteiger partial charge in [0.15, 0.2) is 12.2 Å². The van der Waals surface area contributed by atoms with Crippen LogP contribution < -0.4 is 0 Å². The molecule has 0 rings (SSSR count). The zero-order chi connectivity index (χ0) is 70.3. The van der Waals surface area contributed by atoms with E-state index >= 15 is 0 Å². The second-order valence-corrected chi connectivity index (χ2v) is 31.7. The van der Waals surface area contributed by atoms with E-state index in [1.807, 2.05) is 0 Å². The van der Waals surface area contributed by atoms with Crippen LogP contribution in [0.5, 0.6) is 0 Å². The monoisotopic (exact) mass is 1400 g/mol. The fourth-order valence-electron chi connectivity index (χ4n) is 11.5. The Morgan fingerprint density at radius 3 is 0.747 bits per heavy atom. The molecule has 0 radical (unpaired) electrons. The number of rotatable bonds is 73. The molecule has 0 aliphatic rings. The molecule has 95 heavy (non-hydrogen) atoms. The third kappa shape index (κ3) is 67.6. The largest absolute Gasteiger partial charge is 0.472 e. The van der Waals surface area contributed by atoms with Crippen molar-refractivity contribution in [3.05, 3.63) is 0 Å². The lowest BCUT2D eigenvalue weighted by Gasteiger charge is -2.21. The Bertz CT molecular complexity index is 1870. The third-order valence-corrected chi connectivity index (χ3v) is 20.2. The first kappa shape index (κ1) is 93.1. The van der Waals surface area contributed by atoms with E-state index in [9.17, 15) is 43.2 Å². The quantitative estimate of drug-likeness (QED) is 0.0222. The average Bonchev–Trinajstić information content (AvgIpc) is 3.16. The second-order valence-electron chi connectivity index (χ2n) is 28.8. The van der Waals surface area contributed by atoms with E-state index in [0.29, 0.717) is 25.7 Å². The molecule has 19 heteroatoms. The zero-order valence-electron chi connectivity index (χ0n) is 62.3. The second kappa shape index (κ2) is 65.4. The van der Waals surface area contributed by atoms with Gasteiger partial charge < -0.3 is 33.8 Å². The Morgan fingerprint density at radius 2 is 0.505 bits per heavy atom. The van der Waals surface area contributed by atoms with Gasteiger partial charge in [-0.05, 0) is 49.4 Å². The van der Waals surface area contributed by atoms with Crippen LogP contribution in [-0.4, -0.2) is 96.7 Å². The van der Waals surface area contributed by atoms with E-state index in [1.54, 1.807) is 0 Å². The van der Waals surface area contributed by atoms with Crippen molar-refractivity contribution >= 4 is 39.5 Å². The highest BCUT2D eigenvalue weighted by Gasteiger charge is 2.30. The van der Waals surface area contributed by atoms with Crippen LogP contribution in [0.4, 0.5) is 0 Å². The summed E-state index contributed by atoms with van der Waals surface area (Å²) in [6, 6.07) is 0. The average molecular weight is 1400 g/mol. The molecular formula is C76H148O17P2. The first-order valence-electron chi connectivity index (χ1n) is 39.3. The van der Waals surface area contributed by atoms with Crippen LogP contribution in [0.1, 0.15) is 383 Å². The molecule has 0 saturated heterocycles. The molecule has 0 bridgehead atoms. The van der Waals surface area contributed by atoms with Crippen LogP contribution in [-0.2, 0) is 65.4 Å². The summed E-state index contributed by atoms with van der Waals surface area (Å²) in [4.78, 5) is 72.8. The molecule has 17 nitrogen and oxygen atoms in total. The Kier molecular flexibility index (Phi) is 64.0. The van der Waals surface area contributed by atoms with E-state index in [1.165, 1.54) is 180 Å².